The van der Waals surface area contributed by atoms with Crippen molar-refractivity contribution in [1.82, 2.24) is 15.2 Å². The molecule has 5 heteroatoms. The van der Waals surface area contributed by atoms with Crippen LogP contribution in [-0.2, 0) is 0 Å². The fourth-order valence-corrected chi connectivity index (χ4v) is 2.61. The molecule has 0 aromatic carbocycles. The van der Waals surface area contributed by atoms with E-state index in [1.165, 1.54) is 12.8 Å². The van der Waals surface area contributed by atoms with Crippen LogP contribution < -0.4 is 5.32 Å². The molecule has 5 nitrogen and oxygen atoms in total. The number of carbonyl (C=O) groups is 2. The molecule has 2 amide bonds. The molecule has 1 aliphatic rings. The van der Waals surface area contributed by atoms with E-state index in [4.69, 9.17) is 0 Å². The van der Waals surface area contributed by atoms with E-state index in [-0.39, 0.29) is 11.8 Å². The predicted molar refractivity (Wildman–Crippen MR) is 85.8 cm³/mol. The molecule has 1 saturated heterocycles. The van der Waals surface area contributed by atoms with Gasteiger partial charge in [0.2, 0.25) is 0 Å². The van der Waals surface area contributed by atoms with Crippen molar-refractivity contribution >= 4 is 11.8 Å². The second kappa shape index (κ2) is 8.51. The van der Waals surface area contributed by atoms with Crippen molar-refractivity contribution in [3.05, 3.63) is 29.6 Å². The summed E-state index contributed by atoms with van der Waals surface area (Å²) in [6, 6.07) is 3.26. The number of rotatable bonds is 5. The molecular formula is C17H25N3O2. The Morgan fingerprint density at radius 3 is 2.64 bits per heavy atom. The molecule has 0 bridgehead atoms. The van der Waals surface area contributed by atoms with Crippen LogP contribution in [0, 0.1) is 0 Å². The first-order chi connectivity index (χ1) is 10.7. The highest BCUT2D eigenvalue weighted by Gasteiger charge is 2.19. The molecule has 0 spiro atoms. The van der Waals surface area contributed by atoms with E-state index in [1.54, 1.807) is 18.3 Å². The lowest BCUT2D eigenvalue weighted by Crippen LogP contribution is -2.33. The average molecular weight is 303 g/mol. The molecule has 1 aromatic heterocycles. The van der Waals surface area contributed by atoms with E-state index >= 15 is 0 Å². The number of amides is 2. The molecule has 2 heterocycles. The predicted octanol–water partition coefficient (Wildman–Crippen LogP) is 2.63. The van der Waals surface area contributed by atoms with Gasteiger partial charge in [-0.25, -0.2) is 0 Å². The second-order valence-electron chi connectivity index (χ2n) is 5.75. The van der Waals surface area contributed by atoms with Gasteiger partial charge in [-0.05, 0) is 31.4 Å². The van der Waals surface area contributed by atoms with Crippen LogP contribution in [0.4, 0.5) is 0 Å². The molecule has 22 heavy (non-hydrogen) atoms. The fraction of sp³-hybridized carbons (Fsp3) is 0.588. The summed E-state index contributed by atoms with van der Waals surface area (Å²) in [5, 5.41) is 2.86. The van der Waals surface area contributed by atoms with E-state index in [9.17, 15) is 9.59 Å². The van der Waals surface area contributed by atoms with Crippen LogP contribution in [0.25, 0.3) is 0 Å². The zero-order valence-corrected chi connectivity index (χ0v) is 13.3. The van der Waals surface area contributed by atoms with E-state index in [2.05, 4.69) is 17.2 Å². The summed E-state index contributed by atoms with van der Waals surface area (Å²) in [5.74, 6) is -0.203. The normalized spacial score (nSPS) is 15.2. The maximum atomic E-state index is 12.5. The maximum Gasteiger partial charge on any atom is 0.272 e. The number of hydrogen-bond acceptors (Lipinski definition) is 3. The van der Waals surface area contributed by atoms with Crippen molar-refractivity contribution in [2.75, 3.05) is 19.6 Å². The summed E-state index contributed by atoms with van der Waals surface area (Å²) in [4.78, 5) is 30.6. The Morgan fingerprint density at radius 1 is 1.23 bits per heavy atom. The number of unbranched alkanes of at least 4 members (excludes halogenated alkanes) is 1. The van der Waals surface area contributed by atoms with Gasteiger partial charge in [0, 0.05) is 31.4 Å². The van der Waals surface area contributed by atoms with Gasteiger partial charge >= 0.3 is 0 Å². The Bertz CT molecular complexity index is 508. The van der Waals surface area contributed by atoms with Gasteiger partial charge in [0.05, 0.1) is 0 Å². The Kier molecular flexibility index (Phi) is 6.37. The standard InChI is InChI=1S/C17H25N3O2/c1-2-3-9-19-16(21)14-8-10-18-15(13-14)17(22)20-11-6-4-5-7-12-20/h8,10,13H,2-7,9,11-12H2,1H3,(H,19,21). The molecule has 0 saturated carbocycles. The highest BCUT2D eigenvalue weighted by molar-refractivity contribution is 5.98. The van der Waals surface area contributed by atoms with Crippen molar-refractivity contribution in [2.45, 2.75) is 45.4 Å². The molecular weight excluding hydrogens is 278 g/mol. The maximum absolute atomic E-state index is 12.5. The van der Waals surface area contributed by atoms with E-state index in [1.807, 2.05) is 4.90 Å². The minimum Gasteiger partial charge on any atom is -0.352 e. The quantitative estimate of drug-likeness (QED) is 0.851. The molecule has 0 aliphatic carbocycles. The molecule has 2 rings (SSSR count). The van der Waals surface area contributed by atoms with Crippen molar-refractivity contribution in [3.8, 4) is 0 Å². The summed E-state index contributed by atoms with van der Waals surface area (Å²) in [7, 11) is 0. The highest BCUT2D eigenvalue weighted by atomic mass is 16.2. The van der Waals surface area contributed by atoms with E-state index in [0.717, 1.165) is 38.8 Å². The first-order valence-electron chi connectivity index (χ1n) is 8.26. The van der Waals surface area contributed by atoms with Gasteiger partial charge in [-0.3, -0.25) is 14.6 Å². The van der Waals surface area contributed by atoms with Crippen molar-refractivity contribution in [3.63, 3.8) is 0 Å². The minimum atomic E-state index is -0.138. The lowest BCUT2D eigenvalue weighted by Gasteiger charge is -2.19. The van der Waals surface area contributed by atoms with Gasteiger partial charge in [0.1, 0.15) is 5.69 Å². The van der Waals surface area contributed by atoms with Gasteiger partial charge in [-0.15, -0.1) is 0 Å². The van der Waals surface area contributed by atoms with Gasteiger partial charge in [-0.2, -0.15) is 0 Å². The van der Waals surface area contributed by atoms with Crippen molar-refractivity contribution < 1.29 is 9.59 Å². The molecule has 1 aliphatic heterocycles. The number of nitrogens with one attached hydrogen (secondary N) is 1. The Hall–Kier alpha value is -1.91. The van der Waals surface area contributed by atoms with Crippen LogP contribution in [-0.4, -0.2) is 41.3 Å². The second-order valence-corrected chi connectivity index (χ2v) is 5.75. The summed E-state index contributed by atoms with van der Waals surface area (Å²) in [6.45, 7) is 4.31. The Labute approximate surface area is 132 Å². The van der Waals surface area contributed by atoms with Crippen LogP contribution in [0.5, 0.6) is 0 Å². The molecule has 120 valence electrons. The minimum absolute atomic E-state index is 0.0647. The molecule has 0 unspecified atom stereocenters. The average Bonchev–Trinajstić information content (AvgIpc) is 2.83. The zero-order chi connectivity index (χ0) is 15.8. The van der Waals surface area contributed by atoms with E-state index < -0.39 is 0 Å². The van der Waals surface area contributed by atoms with Crippen molar-refractivity contribution in [1.29, 1.82) is 0 Å². The summed E-state index contributed by atoms with van der Waals surface area (Å²) in [5.41, 5.74) is 0.870. The Morgan fingerprint density at radius 2 is 1.95 bits per heavy atom. The number of hydrogen-bond donors (Lipinski definition) is 1. The summed E-state index contributed by atoms with van der Waals surface area (Å²) < 4.78 is 0. The van der Waals surface area contributed by atoms with Gasteiger partial charge in [-0.1, -0.05) is 26.2 Å². The third-order valence-corrected chi connectivity index (χ3v) is 3.95. The van der Waals surface area contributed by atoms with Gasteiger partial charge in [0.25, 0.3) is 11.8 Å². The number of likely N-dealkylation sites (tertiary alicyclic amines) is 1. The van der Waals surface area contributed by atoms with Crippen LogP contribution in [0.1, 0.15) is 66.3 Å². The monoisotopic (exact) mass is 303 g/mol. The third-order valence-electron chi connectivity index (χ3n) is 3.95. The van der Waals surface area contributed by atoms with Crippen molar-refractivity contribution in [2.24, 2.45) is 0 Å². The smallest absolute Gasteiger partial charge is 0.272 e. The Balaban J connectivity index is 2.03. The molecule has 1 fully saturated rings. The number of nitrogens with zero attached hydrogens (tertiary/aromatic N) is 2. The molecule has 0 atom stereocenters. The third kappa shape index (κ3) is 4.55. The summed E-state index contributed by atoms with van der Waals surface area (Å²) in [6.07, 6.45) is 7.98. The fourth-order valence-electron chi connectivity index (χ4n) is 2.61. The summed E-state index contributed by atoms with van der Waals surface area (Å²) >= 11 is 0. The lowest BCUT2D eigenvalue weighted by molar-refractivity contribution is 0.0755. The topological polar surface area (TPSA) is 62.3 Å². The number of pyridine rings is 1. The number of aromatic nitrogens is 1. The van der Waals surface area contributed by atoms with Crippen LogP contribution in [0.2, 0.25) is 0 Å². The van der Waals surface area contributed by atoms with Crippen LogP contribution in [0.15, 0.2) is 18.3 Å². The first-order valence-corrected chi connectivity index (χ1v) is 8.26. The molecule has 0 radical (unpaired) electrons. The molecule has 1 aromatic rings. The van der Waals surface area contributed by atoms with Gasteiger partial charge in [0.15, 0.2) is 0 Å². The SMILES string of the molecule is CCCCNC(=O)c1ccnc(C(=O)N2CCCCCC2)c1. The van der Waals surface area contributed by atoms with Crippen LogP contribution >= 0.6 is 0 Å². The zero-order valence-electron chi connectivity index (χ0n) is 13.3. The molecule has 1 N–H and O–H groups in total. The largest absolute Gasteiger partial charge is 0.352 e. The number of carbonyl (C=O) groups excluding carboxylic acids is 2. The van der Waals surface area contributed by atoms with E-state index in [0.29, 0.717) is 17.8 Å². The highest BCUT2D eigenvalue weighted by Crippen LogP contribution is 2.13. The van der Waals surface area contributed by atoms with Gasteiger partial charge < -0.3 is 10.2 Å². The first kappa shape index (κ1) is 16.5. The van der Waals surface area contributed by atoms with Crippen LogP contribution in [0.3, 0.4) is 0 Å². The lowest BCUT2D eigenvalue weighted by atomic mass is 10.2.